The molecule has 2 N–H and O–H groups in total. The van der Waals surface area contributed by atoms with Crippen LogP contribution in [0.1, 0.15) is 38.5 Å². The van der Waals surface area contributed by atoms with Crippen molar-refractivity contribution in [1.29, 1.82) is 0 Å². The summed E-state index contributed by atoms with van der Waals surface area (Å²) in [5.74, 6) is 4.04. The predicted molar refractivity (Wildman–Crippen MR) is 69.7 cm³/mol. The molecule has 100 valence electrons. The molecule has 0 spiro atoms. The van der Waals surface area contributed by atoms with E-state index in [0.29, 0.717) is 11.9 Å². The van der Waals surface area contributed by atoms with E-state index in [0.717, 1.165) is 30.1 Å². The quantitative estimate of drug-likeness (QED) is 0.807. The van der Waals surface area contributed by atoms with E-state index in [2.05, 4.69) is 4.90 Å². The van der Waals surface area contributed by atoms with Crippen molar-refractivity contribution < 1.29 is 4.79 Å². The molecule has 18 heavy (non-hydrogen) atoms. The molecule has 0 heterocycles. The first-order valence-corrected chi connectivity index (χ1v) is 7.65. The highest BCUT2D eigenvalue weighted by Crippen LogP contribution is 2.55. The summed E-state index contributed by atoms with van der Waals surface area (Å²) < 4.78 is 0. The van der Waals surface area contributed by atoms with Gasteiger partial charge in [-0.05, 0) is 62.2 Å². The molecule has 3 nitrogen and oxygen atoms in total. The zero-order valence-electron chi connectivity index (χ0n) is 11.2. The van der Waals surface area contributed by atoms with E-state index in [9.17, 15) is 4.79 Å². The summed E-state index contributed by atoms with van der Waals surface area (Å²) in [4.78, 5) is 14.5. The van der Waals surface area contributed by atoms with Crippen molar-refractivity contribution in [3.8, 4) is 0 Å². The van der Waals surface area contributed by atoms with Crippen LogP contribution in [0, 0.1) is 29.6 Å². The summed E-state index contributed by atoms with van der Waals surface area (Å²) in [5, 5.41) is 0. The first kappa shape index (κ1) is 11.3. The van der Waals surface area contributed by atoms with E-state index in [1.807, 2.05) is 7.05 Å². The lowest BCUT2D eigenvalue weighted by molar-refractivity contribution is -0.142. The average molecular weight is 248 g/mol. The fourth-order valence-corrected chi connectivity index (χ4v) is 5.44. The van der Waals surface area contributed by atoms with Crippen molar-refractivity contribution in [1.82, 2.24) is 4.90 Å². The minimum Gasteiger partial charge on any atom is -0.342 e. The topological polar surface area (TPSA) is 46.3 Å². The van der Waals surface area contributed by atoms with Crippen molar-refractivity contribution in [3.63, 3.8) is 0 Å². The maximum Gasteiger partial charge on any atom is 0.227 e. The Morgan fingerprint density at radius 2 is 1.50 bits per heavy atom. The third kappa shape index (κ3) is 1.56. The van der Waals surface area contributed by atoms with Crippen molar-refractivity contribution in [3.05, 3.63) is 0 Å². The number of carbonyl (C=O) groups excluding carboxylic acids is 1. The molecule has 0 aliphatic heterocycles. The highest BCUT2D eigenvalue weighted by atomic mass is 16.2. The molecule has 3 heteroatoms. The van der Waals surface area contributed by atoms with E-state index in [1.54, 1.807) is 0 Å². The normalized spacial score (nSPS) is 52.4. The van der Waals surface area contributed by atoms with Gasteiger partial charge in [0.15, 0.2) is 0 Å². The molecule has 4 bridgehead atoms. The van der Waals surface area contributed by atoms with E-state index in [1.165, 1.54) is 32.1 Å². The van der Waals surface area contributed by atoms with E-state index >= 15 is 0 Å². The highest BCUT2D eigenvalue weighted by Gasteiger charge is 2.52. The van der Waals surface area contributed by atoms with Gasteiger partial charge >= 0.3 is 0 Å². The van der Waals surface area contributed by atoms with Crippen molar-refractivity contribution in [2.75, 3.05) is 7.05 Å². The number of hydrogen-bond acceptors (Lipinski definition) is 2. The van der Waals surface area contributed by atoms with Crippen molar-refractivity contribution in [2.24, 2.45) is 35.3 Å². The van der Waals surface area contributed by atoms with E-state index in [-0.39, 0.29) is 12.0 Å². The van der Waals surface area contributed by atoms with Crippen LogP contribution in [0.3, 0.4) is 0 Å². The van der Waals surface area contributed by atoms with Gasteiger partial charge < -0.3 is 10.6 Å². The average Bonchev–Trinajstić information content (AvgIpc) is 3.03. The fraction of sp³-hybridized carbons (Fsp3) is 0.933. The molecular weight excluding hydrogens is 224 g/mol. The van der Waals surface area contributed by atoms with Gasteiger partial charge in [0, 0.05) is 19.1 Å². The molecule has 0 saturated heterocycles. The Hall–Kier alpha value is -0.570. The molecule has 0 aromatic carbocycles. The van der Waals surface area contributed by atoms with Gasteiger partial charge in [0.05, 0.1) is 5.92 Å². The molecule has 2 unspecified atom stereocenters. The summed E-state index contributed by atoms with van der Waals surface area (Å²) in [6.07, 6.45) is 7.91. The molecule has 2 atom stereocenters. The van der Waals surface area contributed by atoms with Gasteiger partial charge in [0.2, 0.25) is 5.91 Å². The standard InChI is InChI=1S/C15H24N2O/c1-17(15(18)12-7-13(12)16)14-10-3-8-2-9(5-10)6-11(14)4-8/h8-14H,2-7,16H2,1H3. The largest absolute Gasteiger partial charge is 0.342 e. The van der Waals surface area contributed by atoms with Crippen LogP contribution >= 0.6 is 0 Å². The Morgan fingerprint density at radius 1 is 1.00 bits per heavy atom. The van der Waals surface area contributed by atoms with Crippen LogP contribution in [0.5, 0.6) is 0 Å². The van der Waals surface area contributed by atoms with Gasteiger partial charge in [-0.25, -0.2) is 0 Å². The molecule has 0 radical (unpaired) electrons. The second-order valence-corrected chi connectivity index (χ2v) is 7.38. The Bertz CT molecular complexity index is 353. The Balaban J connectivity index is 1.52. The van der Waals surface area contributed by atoms with Gasteiger partial charge in [-0.3, -0.25) is 4.79 Å². The number of hydrogen-bond donors (Lipinski definition) is 1. The minimum absolute atomic E-state index is 0.146. The molecular formula is C15H24N2O. The number of amides is 1. The first-order chi connectivity index (χ1) is 8.63. The second kappa shape index (κ2) is 3.72. The third-order valence-corrected chi connectivity index (χ3v) is 6.13. The first-order valence-electron chi connectivity index (χ1n) is 7.65. The van der Waals surface area contributed by atoms with Crippen LogP contribution in [0.4, 0.5) is 0 Å². The van der Waals surface area contributed by atoms with Gasteiger partial charge in [-0.15, -0.1) is 0 Å². The van der Waals surface area contributed by atoms with Crippen LogP contribution in [-0.4, -0.2) is 29.9 Å². The minimum atomic E-state index is 0.146. The summed E-state index contributed by atoms with van der Waals surface area (Å²) in [6, 6.07) is 0.690. The van der Waals surface area contributed by atoms with Crippen molar-refractivity contribution >= 4 is 5.91 Å². The van der Waals surface area contributed by atoms with Crippen LogP contribution in [0.15, 0.2) is 0 Å². The smallest absolute Gasteiger partial charge is 0.227 e. The van der Waals surface area contributed by atoms with Crippen molar-refractivity contribution in [2.45, 2.75) is 50.6 Å². The Labute approximate surface area is 109 Å². The lowest BCUT2D eigenvalue weighted by Gasteiger charge is -2.56. The van der Waals surface area contributed by atoms with Crippen LogP contribution in [0.2, 0.25) is 0 Å². The molecule has 5 aliphatic rings. The number of carbonyl (C=O) groups is 1. The molecule has 1 amide bonds. The lowest BCUT2D eigenvalue weighted by atomic mass is 9.54. The predicted octanol–water partition coefficient (Wildman–Crippen LogP) is 1.62. The second-order valence-electron chi connectivity index (χ2n) is 7.38. The van der Waals surface area contributed by atoms with Crippen LogP contribution in [0.25, 0.3) is 0 Å². The molecule has 5 saturated carbocycles. The zero-order chi connectivity index (χ0) is 12.4. The maximum atomic E-state index is 12.4. The van der Waals surface area contributed by atoms with Gasteiger partial charge in [0.25, 0.3) is 0 Å². The van der Waals surface area contributed by atoms with Gasteiger partial charge in [0.1, 0.15) is 0 Å². The molecule has 5 aliphatic carbocycles. The summed E-state index contributed by atoms with van der Waals surface area (Å²) in [7, 11) is 2.04. The lowest BCUT2D eigenvalue weighted by Crippen LogP contribution is -2.56. The summed E-state index contributed by atoms with van der Waals surface area (Å²) in [5.41, 5.74) is 5.83. The number of rotatable bonds is 2. The number of nitrogens with zero attached hydrogens (tertiary/aromatic N) is 1. The van der Waals surface area contributed by atoms with Crippen LogP contribution in [-0.2, 0) is 4.79 Å². The molecule has 5 fully saturated rings. The van der Waals surface area contributed by atoms with E-state index in [4.69, 9.17) is 5.73 Å². The SMILES string of the molecule is CN(C(=O)C1CC1N)C1C2CC3CC(C2)CC1C3. The highest BCUT2D eigenvalue weighted by molar-refractivity contribution is 5.82. The molecule has 0 aromatic rings. The maximum absolute atomic E-state index is 12.4. The summed E-state index contributed by atoms with van der Waals surface area (Å²) in [6.45, 7) is 0. The monoisotopic (exact) mass is 248 g/mol. The van der Waals surface area contributed by atoms with E-state index < -0.39 is 0 Å². The Morgan fingerprint density at radius 3 is 1.94 bits per heavy atom. The fourth-order valence-electron chi connectivity index (χ4n) is 5.44. The molecule has 0 aromatic heterocycles. The summed E-state index contributed by atoms with van der Waals surface area (Å²) >= 11 is 0. The third-order valence-electron chi connectivity index (χ3n) is 6.13. The Kier molecular flexibility index (Phi) is 2.33. The van der Waals surface area contributed by atoms with Gasteiger partial charge in [-0.1, -0.05) is 0 Å². The van der Waals surface area contributed by atoms with Crippen LogP contribution < -0.4 is 5.73 Å². The van der Waals surface area contributed by atoms with Gasteiger partial charge in [-0.2, -0.15) is 0 Å². The molecule has 5 rings (SSSR count). The zero-order valence-corrected chi connectivity index (χ0v) is 11.2. The number of nitrogens with two attached hydrogens (primary N) is 1.